The highest BCUT2D eigenvalue weighted by Crippen LogP contribution is 2.44. The van der Waals surface area contributed by atoms with Gasteiger partial charge in [-0.1, -0.05) is 11.6 Å². The minimum Gasteiger partial charge on any atom is -0.461 e. The molecule has 19 heteroatoms. The summed E-state index contributed by atoms with van der Waals surface area (Å²) in [6.07, 6.45) is -4.05. The predicted octanol–water partition coefficient (Wildman–Crippen LogP) is 4.62. The summed E-state index contributed by atoms with van der Waals surface area (Å²) in [6, 6.07) is 1.54. The van der Waals surface area contributed by atoms with Crippen LogP contribution in [0.2, 0.25) is 5.02 Å². The molecule has 0 spiro atoms. The fraction of sp³-hybridized carbons (Fsp3) is 0.567. The molecule has 0 amide bonds. The number of nitrogen functional groups attached to an aromatic ring is 1. The number of hydrogen-bond donors (Lipinski definition) is 2. The van der Waals surface area contributed by atoms with E-state index < -0.39 is 56.6 Å². The molecular weight excluding hydrogens is 699 g/mol. The second-order valence-electron chi connectivity index (χ2n) is 13.0. The molecule has 1 aromatic carbocycles. The predicted molar refractivity (Wildman–Crippen MR) is 169 cm³/mol. The van der Waals surface area contributed by atoms with Gasteiger partial charge < -0.3 is 20.1 Å². The fourth-order valence-corrected chi connectivity index (χ4v) is 8.26. The van der Waals surface area contributed by atoms with Crippen molar-refractivity contribution < 1.29 is 39.8 Å². The zero-order chi connectivity index (χ0) is 34.9. The first-order chi connectivity index (χ1) is 23.1. The van der Waals surface area contributed by atoms with Crippen LogP contribution in [-0.2, 0) is 47.1 Å². The number of ether oxygens (including phenoxy) is 2. The molecular formula is C30H34ClF5N8O4S. The summed E-state index contributed by atoms with van der Waals surface area (Å²) < 4.78 is 112. The molecule has 3 atom stereocenters. The number of fused-ring (bicyclic) bond motifs is 3. The van der Waals surface area contributed by atoms with Crippen molar-refractivity contribution in [2.24, 2.45) is 0 Å². The first-order valence-electron chi connectivity index (χ1n) is 15.8. The Morgan fingerprint density at radius 1 is 1.20 bits per heavy atom. The van der Waals surface area contributed by atoms with Crippen LogP contribution in [0, 0.1) is 5.82 Å². The summed E-state index contributed by atoms with van der Waals surface area (Å²) in [4.78, 5) is 13.3. The van der Waals surface area contributed by atoms with Crippen LogP contribution in [0.15, 0.2) is 12.1 Å². The standard InChI is InChI=1S/C30H34ClF5N8O4S/c1-49(45,46)41-26-24(31)21-13-42(7-3-9-44(21)40-26)27-17-14-47-22(23-18(30(34,35)36)4-5-19(37)25(23)33)10-20(17)38-28(39-27)48-15-29-6-2-8-43(29)12-16(32)11-29/h4-5,16,22H,2-3,6-15,37H2,1H3,(H,40,41)/t16-,22+,29+/m1/s1. The largest absolute Gasteiger partial charge is 0.461 e. The van der Waals surface area contributed by atoms with E-state index in [-0.39, 0.29) is 43.0 Å². The fourth-order valence-electron chi connectivity index (χ4n) is 7.46. The lowest BCUT2D eigenvalue weighted by Crippen LogP contribution is -2.43. The van der Waals surface area contributed by atoms with E-state index in [9.17, 15) is 26.0 Å². The average Bonchev–Trinajstić information content (AvgIpc) is 3.57. The van der Waals surface area contributed by atoms with Gasteiger partial charge in [0.05, 0.1) is 53.7 Å². The van der Waals surface area contributed by atoms with E-state index >= 15 is 4.39 Å². The molecule has 266 valence electrons. The lowest BCUT2D eigenvalue weighted by Gasteiger charge is -2.33. The molecule has 3 aromatic rings. The Balaban J connectivity index is 1.27. The van der Waals surface area contributed by atoms with E-state index in [4.69, 9.17) is 31.8 Å². The van der Waals surface area contributed by atoms with Crippen LogP contribution in [0.25, 0.3) is 0 Å². The minimum atomic E-state index is -4.88. The van der Waals surface area contributed by atoms with Crippen molar-refractivity contribution in [2.75, 3.05) is 47.9 Å². The van der Waals surface area contributed by atoms with E-state index in [0.29, 0.717) is 55.2 Å². The second kappa shape index (κ2) is 12.4. The Morgan fingerprint density at radius 2 is 2.00 bits per heavy atom. The van der Waals surface area contributed by atoms with Crippen molar-refractivity contribution in [1.82, 2.24) is 24.6 Å². The SMILES string of the molecule is CS(=O)(=O)Nc1nn2c(c1Cl)CN(c1nc(OC[C@@]34CCCN3C[C@H](F)C4)nc3c1CO[C@H](c1c(C(F)(F)F)ccc(N)c1F)C3)CCC2. The zero-order valence-corrected chi connectivity index (χ0v) is 27.9. The van der Waals surface area contributed by atoms with Gasteiger partial charge in [0.2, 0.25) is 10.0 Å². The third-order valence-corrected chi connectivity index (χ3v) is 10.6. The topological polar surface area (TPSA) is 141 Å². The quantitative estimate of drug-likeness (QED) is 0.261. The lowest BCUT2D eigenvalue weighted by molar-refractivity contribution is -0.140. The number of halogens is 6. The number of anilines is 3. The molecule has 0 saturated carbocycles. The highest BCUT2D eigenvalue weighted by molar-refractivity contribution is 7.92. The van der Waals surface area contributed by atoms with Crippen molar-refractivity contribution in [2.45, 2.75) is 75.8 Å². The number of aromatic nitrogens is 4. The number of benzene rings is 1. The first kappa shape index (κ1) is 34.0. The van der Waals surface area contributed by atoms with Crippen LogP contribution in [-0.4, -0.2) is 77.3 Å². The number of hydrogen-bond acceptors (Lipinski definition) is 10. The molecule has 0 aliphatic carbocycles. The van der Waals surface area contributed by atoms with Crippen molar-refractivity contribution in [1.29, 1.82) is 0 Å². The van der Waals surface area contributed by atoms with Gasteiger partial charge in [-0.15, -0.1) is 0 Å². The smallest absolute Gasteiger partial charge is 0.416 e. The molecule has 0 unspecified atom stereocenters. The van der Waals surface area contributed by atoms with Crippen LogP contribution in [0.3, 0.4) is 0 Å². The van der Waals surface area contributed by atoms with Gasteiger partial charge in [0.1, 0.15) is 23.6 Å². The summed E-state index contributed by atoms with van der Waals surface area (Å²) in [5.74, 6) is -0.875. The summed E-state index contributed by atoms with van der Waals surface area (Å²) >= 11 is 6.61. The average molecular weight is 733 g/mol. The zero-order valence-electron chi connectivity index (χ0n) is 26.4. The lowest BCUT2D eigenvalue weighted by atomic mass is 9.94. The van der Waals surface area contributed by atoms with Gasteiger partial charge in [-0.3, -0.25) is 14.3 Å². The third kappa shape index (κ3) is 6.47. The number of alkyl halides is 4. The molecule has 7 rings (SSSR count). The van der Waals surface area contributed by atoms with Crippen LogP contribution in [0.4, 0.5) is 39.3 Å². The molecule has 0 bridgehead atoms. The molecule has 3 N–H and O–H groups in total. The Labute approximate surface area is 283 Å². The minimum absolute atomic E-state index is 0.0198. The molecule has 0 radical (unpaired) electrons. The molecule has 2 saturated heterocycles. The summed E-state index contributed by atoms with van der Waals surface area (Å²) in [7, 11) is -3.67. The van der Waals surface area contributed by atoms with Gasteiger partial charge >= 0.3 is 12.2 Å². The molecule has 4 aliphatic rings. The Hall–Kier alpha value is -3.48. The van der Waals surface area contributed by atoms with Crippen molar-refractivity contribution >= 4 is 38.9 Å². The number of aryl methyl sites for hydroxylation is 1. The monoisotopic (exact) mass is 732 g/mol. The van der Waals surface area contributed by atoms with Gasteiger partial charge in [-0.25, -0.2) is 17.2 Å². The Morgan fingerprint density at radius 3 is 2.76 bits per heavy atom. The van der Waals surface area contributed by atoms with E-state index in [1.807, 2.05) is 4.90 Å². The molecule has 2 aromatic heterocycles. The normalized spacial score (nSPS) is 24.3. The first-order valence-corrected chi connectivity index (χ1v) is 18.0. The van der Waals surface area contributed by atoms with Crippen LogP contribution in [0.1, 0.15) is 59.9 Å². The van der Waals surface area contributed by atoms with E-state index in [1.165, 1.54) is 0 Å². The van der Waals surface area contributed by atoms with Gasteiger partial charge in [0.25, 0.3) is 0 Å². The van der Waals surface area contributed by atoms with Crippen LogP contribution in [0.5, 0.6) is 6.01 Å². The molecule has 6 heterocycles. The highest BCUT2D eigenvalue weighted by atomic mass is 35.5. The molecule has 4 aliphatic heterocycles. The second-order valence-corrected chi connectivity index (χ2v) is 15.2. The van der Waals surface area contributed by atoms with Gasteiger partial charge in [0.15, 0.2) is 11.6 Å². The van der Waals surface area contributed by atoms with Crippen molar-refractivity contribution in [3.63, 3.8) is 0 Å². The summed E-state index contributed by atoms with van der Waals surface area (Å²) in [5, 5.41) is 4.44. The van der Waals surface area contributed by atoms with Gasteiger partial charge in [-0.05, 0) is 37.9 Å². The van der Waals surface area contributed by atoms with Crippen molar-refractivity contribution in [3.05, 3.63) is 51.1 Å². The Bertz CT molecular complexity index is 1900. The summed E-state index contributed by atoms with van der Waals surface area (Å²) in [6.45, 7) is 1.87. The van der Waals surface area contributed by atoms with E-state index in [1.54, 1.807) is 4.68 Å². The Kier molecular flexibility index (Phi) is 8.59. The van der Waals surface area contributed by atoms with Gasteiger partial charge in [0, 0.05) is 43.6 Å². The van der Waals surface area contributed by atoms with E-state index in [2.05, 4.69) is 19.7 Å². The number of nitrogens with two attached hydrogens (primary N) is 1. The number of nitrogens with zero attached hydrogens (tertiary/aromatic N) is 6. The highest BCUT2D eigenvalue weighted by Gasteiger charge is 2.49. The third-order valence-electron chi connectivity index (χ3n) is 9.64. The van der Waals surface area contributed by atoms with Gasteiger partial charge in [-0.2, -0.15) is 28.2 Å². The maximum Gasteiger partial charge on any atom is 0.416 e. The van der Waals surface area contributed by atoms with Crippen molar-refractivity contribution in [3.8, 4) is 6.01 Å². The molecule has 2 fully saturated rings. The maximum absolute atomic E-state index is 15.3. The van der Waals surface area contributed by atoms with Crippen LogP contribution >= 0.6 is 11.6 Å². The van der Waals surface area contributed by atoms with Crippen LogP contribution < -0.4 is 20.1 Å². The van der Waals surface area contributed by atoms with E-state index in [0.717, 1.165) is 37.8 Å². The number of rotatable bonds is 7. The molecule has 49 heavy (non-hydrogen) atoms. The maximum atomic E-state index is 15.3. The summed E-state index contributed by atoms with van der Waals surface area (Å²) in [5.41, 5.74) is 4.08. The number of sulfonamides is 1. The molecule has 12 nitrogen and oxygen atoms in total. The number of nitrogens with one attached hydrogen (secondary N) is 1.